The number of aryl methyl sites for hydroxylation is 1. The van der Waals surface area contributed by atoms with E-state index in [-0.39, 0.29) is 5.78 Å². The predicted octanol–water partition coefficient (Wildman–Crippen LogP) is 5.47. The second-order valence-corrected chi connectivity index (χ2v) is 7.21. The zero-order valence-corrected chi connectivity index (χ0v) is 16.4. The highest BCUT2D eigenvalue weighted by molar-refractivity contribution is 5.83. The van der Waals surface area contributed by atoms with Gasteiger partial charge < -0.3 is 0 Å². The Kier molecular flexibility index (Phi) is 5.57. The molecule has 2 aromatic heterocycles. The van der Waals surface area contributed by atoms with Crippen LogP contribution in [-0.4, -0.2) is 15.8 Å². The van der Waals surface area contributed by atoms with Gasteiger partial charge in [-0.15, -0.1) is 0 Å². The summed E-state index contributed by atoms with van der Waals surface area (Å²) in [4.78, 5) is 20.9. The molecule has 0 bridgehead atoms. The number of aromatic nitrogens is 2. The number of hydrogen-bond donors (Lipinski definition) is 0. The fourth-order valence-corrected chi connectivity index (χ4v) is 3.46. The van der Waals surface area contributed by atoms with Crippen LogP contribution in [0, 0.1) is 6.92 Å². The molecule has 4 aromatic rings. The Labute approximate surface area is 171 Å². The van der Waals surface area contributed by atoms with E-state index in [1.54, 1.807) is 12.4 Å². The van der Waals surface area contributed by atoms with E-state index in [1.165, 1.54) is 0 Å². The Morgan fingerprint density at radius 2 is 1.34 bits per heavy atom. The summed E-state index contributed by atoms with van der Waals surface area (Å²) in [5, 5.41) is 0. The lowest BCUT2D eigenvalue weighted by Gasteiger charge is -2.07. The van der Waals surface area contributed by atoms with Crippen molar-refractivity contribution in [2.24, 2.45) is 0 Å². The lowest BCUT2D eigenvalue weighted by atomic mass is 9.98. The van der Waals surface area contributed by atoms with Crippen LogP contribution in [0.3, 0.4) is 0 Å². The molecule has 3 nitrogen and oxygen atoms in total. The largest absolute Gasteiger partial charge is 0.299 e. The molecule has 0 aliphatic carbocycles. The third-order valence-corrected chi connectivity index (χ3v) is 4.93. The van der Waals surface area contributed by atoms with E-state index in [0.29, 0.717) is 12.8 Å². The number of ketones is 1. The molecule has 0 aliphatic rings. The van der Waals surface area contributed by atoms with Gasteiger partial charge in [-0.25, -0.2) is 0 Å². The highest BCUT2D eigenvalue weighted by Crippen LogP contribution is 2.22. The summed E-state index contributed by atoms with van der Waals surface area (Å²) in [6.07, 6.45) is 6.26. The van der Waals surface area contributed by atoms with Gasteiger partial charge >= 0.3 is 0 Å². The summed E-state index contributed by atoms with van der Waals surface area (Å²) in [6.45, 7) is 1.99. The van der Waals surface area contributed by atoms with E-state index in [1.807, 2.05) is 55.6 Å². The van der Waals surface area contributed by atoms with Crippen molar-refractivity contribution in [1.29, 1.82) is 0 Å². The van der Waals surface area contributed by atoms with Gasteiger partial charge in [-0.05, 0) is 64.6 Å². The standard InChI is InChI=1S/C26H22N2O/c1-19-15-25(11-14-28-19)22-7-5-20(6-8-22)17-26(29)18-21-3-2-4-24(16-21)23-9-12-27-13-10-23/h2-16H,17-18H2,1H3. The first-order chi connectivity index (χ1) is 14.2. The average molecular weight is 378 g/mol. The molecule has 2 heterocycles. The topological polar surface area (TPSA) is 42.9 Å². The molecular weight excluding hydrogens is 356 g/mol. The Bertz CT molecular complexity index is 1120. The van der Waals surface area contributed by atoms with Gasteiger partial charge in [0, 0.05) is 37.1 Å². The fourth-order valence-electron chi connectivity index (χ4n) is 3.46. The maximum Gasteiger partial charge on any atom is 0.141 e. The molecular formula is C26H22N2O. The quantitative estimate of drug-likeness (QED) is 0.447. The van der Waals surface area contributed by atoms with Crippen LogP contribution < -0.4 is 0 Å². The number of carbonyl (C=O) groups is 1. The number of hydrogen-bond acceptors (Lipinski definition) is 3. The van der Waals surface area contributed by atoms with Gasteiger partial charge in [0.2, 0.25) is 0 Å². The van der Waals surface area contributed by atoms with Crippen LogP contribution in [0.4, 0.5) is 0 Å². The van der Waals surface area contributed by atoms with Crippen molar-refractivity contribution >= 4 is 5.78 Å². The second-order valence-electron chi connectivity index (χ2n) is 7.21. The predicted molar refractivity (Wildman–Crippen MR) is 116 cm³/mol. The highest BCUT2D eigenvalue weighted by Gasteiger charge is 2.08. The van der Waals surface area contributed by atoms with E-state index in [0.717, 1.165) is 39.1 Å². The lowest BCUT2D eigenvalue weighted by molar-refractivity contribution is -0.117. The molecule has 29 heavy (non-hydrogen) atoms. The van der Waals surface area contributed by atoms with Crippen LogP contribution in [0.5, 0.6) is 0 Å². The molecule has 0 unspecified atom stereocenters. The number of benzene rings is 2. The van der Waals surface area contributed by atoms with Crippen molar-refractivity contribution < 1.29 is 4.79 Å². The minimum atomic E-state index is 0.212. The van der Waals surface area contributed by atoms with Gasteiger partial charge in [-0.3, -0.25) is 14.8 Å². The van der Waals surface area contributed by atoms with Crippen LogP contribution in [-0.2, 0) is 17.6 Å². The molecule has 3 heteroatoms. The number of nitrogens with zero attached hydrogens (tertiary/aromatic N) is 2. The van der Waals surface area contributed by atoms with Crippen molar-refractivity contribution in [2.75, 3.05) is 0 Å². The molecule has 0 aliphatic heterocycles. The van der Waals surface area contributed by atoms with Crippen molar-refractivity contribution in [3.63, 3.8) is 0 Å². The SMILES string of the molecule is Cc1cc(-c2ccc(CC(=O)Cc3cccc(-c4ccncc4)c3)cc2)ccn1. The van der Waals surface area contributed by atoms with Gasteiger partial charge in [0.15, 0.2) is 0 Å². The fraction of sp³-hybridized carbons (Fsp3) is 0.115. The molecule has 0 saturated carbocycles. The summed E-state index contributed by atoms with van der Waals surface area (Å²) in [5.74, 6) is 0.212. The monoisotopic (exact) mass is 378 g/mol. The van der Waals surface area contributed by atoms with Gasteiger partial charge in [0.05, 0.1) is 0 Å². The molecule has 0 atom stereocenters. The maximum atomic E-state index is 12.6. The molecule has 0 saturated heterocycles. The number of carbonyl (C=O) groups excluding carboxylic acids is 1. The van der Waals surface area contributed by atoms with Gasteiger partial charge in [-0.2, -0.15) is 0 Å². The number of Topliss-reactive ketones (excluding diaryl/α,β-unsaturated/α-hetero) is 1. The second kappa shape index (κ2) is 8.61. The summed E-state index contributed by atoms with van der Waals surface area (Å²) in [7, 11) is 0. The first-order valence-electron chi connectivity index (χ1n) is 9.70. The molecule has 2 aromatic carbocycles. The molecule has 0 amide bonds. The first kappa shape index (κ1) is 18.8. The maximum absolute atomic E-state index is 12.6. The highest BCUT2D eigenvalue weighted by atomic mass is 16.1. The summed E-state index contributed by atoms with van der Waals surface area (Å²) < 4.78 is 0. The average Bonchev–Trinajstić information content (AvgIpc) is 2.75. The van der Waals surface area contributed by atoms with Crippen LogP contribution in [0.1, 0.15) is 16.8 Å². The molecule has 0 fully saturated rings. The molecule has 0 spiro atoms. The Morgan fingerprint density at radius 1 is 0.690 bits per heavy atom. The van der Waals surface area contributed by atoms with Crippen LogP contribution >= 0.6 is 0 Å². The van der Waals surface area contributed by atoms with Gasteiger partial charge in [-0.1, -0.05) is 48.5 Å². The Balaban J connectivity index is 1.42. The van der Waals surface area contributed by atoms with Crippen molar-refractivity contribution in [2.45, 2.75) is 19.8 Å². The van der Waals surface area contributed by atoms with Crippen LogP contribution in [0.15, 0.2) is 91.4 Å². The zero-order valence-electron chi connectivity index (χ0n) is 16.4. The number of rotatable bonds is 6. The van der Waals surface area contributed by atoms with E-state index < -0.39 is 0 Å². The van der Waals surface area contributed by atoms with Crippen LogP contribution in [0.25, 0.3) is 22.3 Å². The molecule has 142 valence electrons. The summed E-state index contributed by atoms with van der Waals surface area (Å²) >= 11 is 0. The molecule has 4 rings (SSSR count). The Hall–Kier alpha value is -3.59. The molecule has 0 radical (unpaired) electrons. The van der Waals surface area contributed by atoms with E-state index in [2.05, 4.69) is 40.3 Å². The van der Waals surface area contributed by atoms with E-state index in [9.17, 15) is 4.79 Å². The minimum absolute atomic E-state index is 0.212. The van der Waals surface area contributed by atoms with Crippen molar-refractivity contribution in [3.8, 4) is 22.3 Å². The lowest BCUT2D eigenvalue weighted by Crippen LogP contribution is -2.06. The first-order valence-corrected chi connectivity index (χ1v) is 9.70. The van der Waals surface area contributed by atoms with Crippen molar-refractivity contribution in [3.05, 3.63) is 108 Å². The minimum Gasteiger partial charge on any atom is -0.299 e. The third-order valence-electron chi connectivity index (χ3n) is 4.93. The van der Waals surface area contributed by atoms with Gasteiger partial charge in [0.25, 0.3) is 0 Å². The third kappa shape index (κ3) is 4.82. The van der Waals surface area contributed by atoms with E-state index in [4.69, 9.17) is 0 Å². The van der Waals surface area contributed by atoms with Crippen LogP contribution in [0.2, 0.25) is 0 Å². The van der Waals surface area contributed by atoms with E-state index >= 15 is 0 Å². The van der Waals surface area contributed by atoms with Gasteiger partial charge in [0.1, 0.15) is 5.78 Å². The Morgan fingerprint density at radius 3 is 2.10 bits per heavy atom. The summed E-state index contributed by atoms with van der Waals surface area (Å²) in [6, 6.07) is 24.4. The zero-order chi connectivity index (χ0) is 20.1. The normalized spacial score (nSPS) is 10.7. The smallest absolute Gasteiger partial charge is 0.141 e. The molecule has 0 N–H and O–H groups in total. The number of pyridine rings is 2. The summed E-state index contributed by atoms with van der Waals surface area (Å²) in [5.41, 5.74) is 7.56. The van der Waals surface area contributed by atoms with Crippen molar-refractivity contribution in [1.82, 2.24) is 9.97 Å².